The first kappa shape index (κ1) is 6.97. The second kappa shape index (κ2) is 2.50. The van der Waals surface area contributed by atoms with E-state index in [9.17, 15) is 0 Å². The molecular weight excluding hydrogens is 180 g/mol. The lowest BCUT2D eigenvalue weighted by Crippen LogP contribution is -2.09. The largest absolute Gasteiger partial charge is 0.244 e. The van der Waals surface area contributed by atoms with E-state index >= 15 is 0 Å². The number of rotatable bonds is 1. The zero-order valence-electron chi connectivity index (χ0n) is 6.77. The fourth-order valence-corrected chi connectivity index (χ4v) is 2.04. The highest BCUT2D eigenvalue weighted by Gasteiger charge is 2.20. The fourth-order valence-electron chi connectivity index (χ4n) is 1.40. The quantitative estimate of drug-likeness (QED) is 0.573. The number of fused-ring (bicyclic) bond motifs is 1. The lowest BCUT2D eigenvalue weighted by Gasteiger charge is -2.15. The zero-order chi connectivity index (χ0) is 8.67. The SMILES string of the molecule is c1ccc2c(c1)N=C2c1nccs1. The average Bonchev–Trinajstić information content (AvgIpc) is 2.60. The summed E-state index contributed by atoms with van der Waals surface area (Å²) in [7, 11) is 0. The van der Waals surface area contributed by atoms with Crippen molar-refractivity contribution >= 4 is 22.7 Å². The van der Waals surface area contributed by atoms with Crippen molar-refractivity contribution < 1.29 is 0 Å². The van der Waals surface area contributed by atoms with Crippen molar-refractivity contribution in [3.63, 3.8) is 0 Å². The molecule has 0 saturated heterocycles. The van der Waals surface area contributed by atoms with Gasteiger partial charge in [0.15, 0.2) is 0 Å². The van der Waals surface area contributed by atoms with E-state index in [1.165, 1.54) is 5.56 Å². The molecule has 0 unspecified atom stereocenters. The molecule has 0 radical (unpaired) electrons. The van der Waals surface area contributed by atoms with Crippen LogP contribution in [0.1, 0.15) is 10.6 Å². The van der Waals surface area contributed by atoms with Gasteiger partial charge in [-0.25, -0.2) is 9.98 Å². The molecule has 0 spiro atoms. The van der Waals surface area contributed by atoms with Crippen molar-refractivity contribution in [2.24, 2.45) is 4.99 Å². The molecule has 0 saturated carbocycles. The molecule has 0 bridgehead atoms. The molecule has 0 amide bonds. The third kappa shape index (κ3) is 0.939. The Morgan fingerprint density at radius 1 is 1.15 bits per heavy atom. The molecule has 1 aliphatic rings. The fraction of sp³-hybridized carbons (Fsp3) is 0. The maximum atomic E-state index is 4.39. The Morgan fingerprint density at radius 3 is 2.85 bits per heavy atom. The van der Waals surface area contributed by atoms with Gasteiger partial charge in [0.25, 0.3) is 0 Å². The van der Waals surface area contributed by atoms with Crippen LogP contribution < -0.4 is 0 Å². The minimum atomic E-state index is 1.01. The van der Waals surface area contributed by atoms with Crippen molar-refractivity contribution in [1.82, 2.24) is 4.98 Å². The van der Waals surface area contributed by atoms with Gasteiger partial charge < -0.3 is 0 Å². The molecule has 1 aromatic carbocycles. The van der Waals surface area contributed by atoms with Crippen molar-refractivity contribution in [3.05, 3.63) is 46.4 Å². The summed E-state index contributed by atoms with van der Waals surface area (Å²) in [5, 5.41) is 2.98. The molecule has 13 heavy (non-hydrogen) atoms. The highest BCUT2D eigenvalue weighted by Crippen LogP contribution is 2.32. The summed E-state index contributed by atoms with van der Waals surface area (Å²) in [6, 6.07) is 8.13. The van der Waals surface area contributed by atoms with Gasteiger partial charge in [-0.15, -0.1) is 11.3 Å². The third-order valence-corrected chi connectivity index (χ3v) is 2.81. The van der Waals surface area contributed by atoms with Crippen LogP contribution in [0.5, 0.6) is 0 Å². The van der Waals surface area contributed by atoms with Gasteiger partial charge in [-0.05, 0) is 6.07 Å². The second-order valence-electron chi connectivity index (χ2n) is 2.81. The van der Waals surface area contributed by atoms with E-state index in [0.29, 0.717) is 0 Å². The number of hydrogen-bond acceptors (Lipinski definition) is 3. The zero-order valence-corrected chi connectivity index (χ0v) is 7.58. The summed E-state index contributed by atoms with van der Waals surface area (Å²) in [5.74, 6) is 0. The third-order valence-electron chi connectivity index (χ3n) is 2.03. The monoisotopic (exact) mass is 186 g/mol. The predicted molar refractivity (Wildman–Crippen MR) is 53.9 cm³/mol. The highest BCUT2D eigenvalue weighted by atomic mass is 32.1. The number of aliphatic imine (C=N–C) groups is 1. The first-order chi connectivity index (χ1) is 6.45. The van der Waals surface area contributed by atoms with Crippen molar-refractivity contribution in [3.8, 4) is 0 Å². The Labute approximate surface area is 79.6 Å². The van der Waals surface area contributed by atoms with Gasteiger partial charge in [0.1, 0.15) is 10.7 Å². The van der Waals surface area contributed by atoms with Crippen molar-refractivity contribution in [2.45, 2.75) is 0 Å². The Kier molecular flexibility index (Phi) is 1.34. The number of aromatic nitrogens is 1. The number of nitrogens with zero attached hydrogens (tertiary/aromatic N) is 2. The van der Waals surface area contributed by atoms with Gasteiger partial charge in [-0.3, -0.25) is 0 Å². The molecule has 1 aromatic heterocycles. The van der Waals surface area contributed by atoms with Crippen LogP contribution in [0.25, 0.3) is 0 Å². The van der Waals surface area contributed by atoms with Crippen LogP contribution in [0, 0.1) is 0 Å². The second-order valence-corrected chi connectivity index (χ2v) is 3.71. The smallest absolute Gasteiger partial charge is 0.142 e. The molecule has 0 fully saturated rings. The van der Waals surface area contributed by atoms with E-state index in [2.05, 4.69) is 16.0 Å². The number of para-hydroxylation sites is 1. The number of benzene rings is 1. The van der Waals surface area contributed by atoms with Gasteiger partial charge in [-0.1, -0.05) is 18.2 Å². The maximum Gasteiger partial charge on any atom is 0.142 e. The molecule has 0 N–H and O–H groups in total. The van der Waals surface area contributed by atoms with Crippen LogP contribution in [0.4, 0.5) is 5.69 Å². The molecular formula is C10H6N2S. The van der Waals surface area contributed by atoms with E-state index in [4.69, 9.17) is 0 Å². The average molecular weight is 186 g/mol. The predicted octanol–water partition coefficient (Wildman–Crippen LogP) is 2.63. The van der Waals surface area contributed by atoms with Crippen LogP contribution in [-0.2, 0) is 0 Å². The van der Waals surface area contributed by atoms with Gasteiger partial charge >= 0.3 is 0 Å². The van der Waals surface area contributed by atoms with E-state index in [1.807, 2.05) is 29.8 Å². The molecule has 2 heterocycles. The van der Waals surface area contributed by atoms with E-state index in [1.54, 1.807) is 11.3 Å². The minimum absolute atomic E-state index is 1.01. The normalized spacial score (nSPS) is 13.1. The number of hydrogen-bond donors (Lipinski definition) is 0. The maximum absolute atomic E-state index is 4.39. The van der Waals surface area contributed by atoms with Gasteiger partial charge in [0.2, 0.25) is 0 Å². The molecule has 3 rings (SSSR count). The molecule has 2 aromatic rings. The first-order valence-electron chi connectivity index (χ1n) is 4.03. The van der Waals surface area contributed by atoms with E-state index < -0.39 is 0 Å². The Bertz CT molecular complexity index is 471. The summed E-state index contributed by atoms with van der Waals surface area (Å²) in [4.78, 5) is 8.62. The van der Waals surface area contributed by atoms with Crippen LogP contribution in [0.2, 0.25) is 0 Å². The van der Waals surface area contributed by atoms with Crippen LogP contribution in [0.3, 0.4) is 0 Å². The molecule has 1 aliphatic heterocycles. The van der Waals surface area contributed by atoms with Crippen LogP contribution >= 0.6 is 11.3 Å². The highest BCUT2D eigenvalue weighted by molar-refractivity contribution is 7.12. The van der Waals surface area contributed by atoms with Gasteiger partial charge in [-0.2, -0.15) is 0 Å². The molecule has 0 atom stereocenters. The lowest BCUT2D eigenvalue weighted by atomic mass is 10.0. The Hall–Kier alpha value is -1.48. The first-order valence-corrected chi connectivity index (χ1v) is 4.91. The standard InChI is InChI=1S/C10H6N2S/c1-2-4-8-7(3-1)9(12-8)10-11-5-6-13-10/h1-6H. The molecule has 0 aliphatic carbocycles. The molecule has 2 nitrogen and oxygen atoms in total. The number of thiazole rings is 1. The topological polar surface area (TPSA) is 25.2 Å². The van der Waals surface area contributed by atoms with Gasteiger partial charge in [0.05, 0.1) is 5.69 Å². The van der Waals surface area contributed by atoms with E-state index in [-0.39, 0.29) is 0 Å². The summed E-state index contributed by atoms with van der Waals surface area (Å²) in [6.07, 6.45) is 1.81. The summed E-state index contributed by atoms with van der Waals surface area (Å²) < 4.78 is 0. The van der Waals surface area contributed by atoms with Crippen LogP contribution in [0.15, 0.2) is 40.8 Å². The summed E-state index contributed by atoms with van der Waals surface area (Å²) >= 11 is 1.63. The minimum Gasteiger partial charge on any atom is -0.244 e. The molecule has 62 valence electrons. The van der Waals surface area contributed by atoms with Crippen molar-refractivity contribution in [1.29, 1.82) is 0 Å². The van der Waals surface area contributed by atoms with Crippen molar-refractivity contribution in [2.75, 3.05) is 0 Å². The lowest BCUT2D eigenvalue weighted by molar-refractivity contribution is 1.33. The van der Waals surface area contributed by atoms with Gasteiger partial charge in [0, 0.05) is 17.1 Å². The van der Waals surface area contributed by atoms with Crippen LogP contribution in [-0.4, -0.2) is 10.7 Å². The summed E-state index contributed by atoms with van der Waals surface area (Å²) in [6.45, 7) is 0. The summed E-state index contributed by atoms with van der Waals surface area (Å²) in [5.41, 5.74) is 3.33. The Morgan fingerprint density at radius 2 is 2.08 bits per heavy atom. The molecule has 3 heteroatoms. The Balaban J connectivity index is 2.10. The van der Waals surface area contributed by atoms with E-state index in [0.717, 1.165) is 16.4 Å².